The molecule has 0 unspecified atom stereocenters. The highest BCUT2D eigenvalue weighted by molar-refractivity contribution is 7.10. The van der Waals surface area contributed by atoms with E-state index in [2.05, 4.69) is 10.4 Å². The standard InChI is InChI=1S/C10H11FN4OS/c1-15-9(10(12)16)7(5-14-15)13-4-6-2-3-8(11)17-6/h2-3,5,13H,4H2,1H3,(H2,12,16). The first kappa shape index (κ1) is 11.6. The van der Waals surface area contributed by atoms with E-state index in [0.29, 0.717) is 17.9 Å². The molecule has 5 nitrogen and oxygen atoms in total. The summed E-state index contributed by atoms with van der Waals surface area (Å²) >= 11 is 1.06. The fourth-order valence-electron chi connectivity index (χ4n) is 1.49. The van der Waals surface area contributed by atoms with Crippen molar-refractivity contribution in [2.24, 2.45) is 12.8 Å². The molecular formula is C10H11FN4OS. The minimum atomic E-state index is -0.551. The Morgan fingerprint density at radius 2 is 2.41 bits per heavy atom. The van der Waals surface area contributed by atoms with E-state index in [1.807, 2.05) is 0 Å². The summed E-state index contributed by atoms with van der Waals surface area (Å²) in [6.07, 6.45) is 1.52. The highest BCUT2D eigenvalue weighted by Crippen LogP contribution is 2.18. The van der Waals surface area contributed by atoms with Crippen LogP contribution >= 0.6 is 11.3 Å². The first-order valence-electron chi connectivity index (χ1n) is 4.88. The summed E-state index contributed by atoms with van der Waals surface area (Å²) < 4.78 is 14.2. The van der Waals surface area contributed by atoms with E-state index in [-0.39, 0.29) is 5.13 Å². The molecule has 0 aliphatic heterocycles. The third-order valence-electron chi connectivity index (χ3n) is 2.25. The predicted molar refractivity (Wildman–Crippen MR) is 63.3 cm³/mol. The topological polar surface area (TPSA) is 72.9 Å². The van der Waals surface area contributed by atoms with Gasteiger partial charge in [-0.1, -0.05) is 0 Å². The van der Waals surface area contributed by atoms with Crippen LogP contribution in [0.4, 0.5) is 10.1 Å². The number of rotatable bonds is 4. The van der Waals surface area contributed by atoms with Gasteiger partial charge in [-0.05, 0) is 12.1 Å². The smallest absolute Gasteiger partial charge is 0.269 e. The molecule has 0 aromatic carbocycles. The highest BCUT2D eigenvalue weighted by atomic mass is 32.1. The van der Waals surface area contributed by atoms with Gasteiger partial charge in [0.1, 0.15) is 5.69 Å². The second-order valence-electron chi connectivity index (χ2n) is 3.45. The van der Waals surface area contributed by atoms with E-state index in [0.717, 1.165) is 16.2 Å². The molecule has 0 spiro atoms. The largest absolute Gasteiger partial charge is 0.377 e. The molecule has 7 heteroatoms. The molecule has 3 N–H and O–H groups in total. The Kier molecular flexibility index (Phi) is 3.10. The van der Waals surface area contributed by atoms with Crippen LogP contribution in [0.5, 0.6) is 0 Å². The molecule has 0 aliphatic rings. The van der Waals surface area contributed by atoms with Gasteiger partial charge in [0.05, 0.1) is 11.9 Å². The first-order chi connectivity index (χ1) is 8.08. The Hall–Kier alpha value is -1.89. The van der Waals surface area contributed by atoms with Gasteiger partial charge in [-0.3, -0.25) is 9.48 Å². The van der Waals surface area contributed by atoms with Crippen molar-refractivity contribution >= 4 is 22.9 Å². The maximum atomic E-state index is 12.8. The van der Waals surface area contributed by atoms with Crippen LogP contribution in [0.2, 0.25) is 0 Å². The lowest BCUT2D eigenvalue weighted by atomic mass is 10.3. The zero-order valence-corrected chi connectivity index (χ0v) is 9.92. The molecule has 0 saturated carbocycles. The summed E-state index contributed by atoms with van der Waals surface area (Å²) in [5, 5.41) is 6.71. The van der Waals surface area contributed by atoms with Crippen LogP contribution < -0.4 is 11.1 Å². The normalized spacial score (nSPS) is 10.5. The molecule has 0 aliphatic carbocycles. The van der Waals surface area contributed by atoms with Crippen LogP contribution in [0.15, 0.2) is 18.3 Å². The van der Waals surface area contributed by atoms with Gasteiger partial charge in [-0.15, -0.1) is 11.3 Å². The predicted octanol–water partition coefficient (Wildman–Crippen LogP) is 1.33. The lowest BCUT2D eigenvalue weighted by molar-refractivity contribution is 0.0992. The van der Waals surface area contributed by atoms with E-state index in [4.69, 9.17) is 5.73 Å². The number of nitrogens with one attached hydrogen (secondary N) is 1. The number of anilines is 1. The van der Waals surface area contributed by atoms with E-state index in [1.54, 1.807) is 13.1 Å². The number of carbonyl (C=O) groups excluding carboxylic acids is 1. The zero-order valence-electron chi connectivity index (χ0n) is 9.11. The number of hydrogen-bond donors (Lipinski definition) is 2. The van der Waals surface area contributed by atoms with Crippen molar-refractivity contribution in [3.05, 3.63) is 34.0 Å². The second kappa shape index (κ2) is 4.54. The molecular weight excluding hydrogens is 243 g/mol. The van der Waals surface area contributed by atoms with Gasteiger partial charge in [-0.25, -0.2) is 0 Å². The number of carbonyl (C=O) groups is 1. The van der Waals surface area contributed by atoms with E-state index in [1.165, 1.54) is 16.9 Å². The first-order valence-corrected chi connectivity index (χ1v) is 5.69. The van der Waals surface area contributed by atoms with Crippen LogP contribution in [-0.4, -0.2) is 15.7 Å². The lowest BCUT2D eigenvalue weighted by Gasteiger charge is -2.04. The summed E-state index contributed by atoms with van der Waals surface area (Å²) in [4.78, 5) is 12.0. The molecule has 2 aromatic rings. The van der Waals surface area contributed by atoms with E-state index < -0.39 is 5.91 Å². The van der Waals surface area contributed by atoms with Gasteiger partial charge in [0.15, 0.2) is 5.13 Å². The van der Waals surface area contributed by atoms with Crippen LogP contribution in [0.3, 0.4) is 0 Å². The number of aromatic nitrogens is 2. The van der Waals surface area contributed by atoms with Crippen LogP contribution in [0.25, 0.3) is 0 Å². The second-order valence-corrected chi connectivity index (χ2v) is 4.57. The Morgan fingerprint density at radius 1 is 1.65 bits per heavy atom. The molecule has 0 saturated heterocycles. The van der Waals surface area contributed by atoms with Crippen LogP contribution in [0, 0.1) is 5.13 Å². The fourth-order valence-corrected chi connectivity index (χ4v) is 2.16. The van der Waals surface area contributed by atoms with Gasteiger partial charge >= 0.3 is 0 Å². The molecule has 0 bridgehead atoms. The summed E-state index contributed by atoms with van der Waals surface area (Å²) in [5.74, 6) is -0.551. The molecule has 17 heavy (non-hydrogen) atoms. The molecule has 2 aromatic heterocycles. The van der Waals surface area contributed by atoms with Crippen molar-refractivity contribution in [2.45, 2.75) is 6.54 Å². The van der Waals surface area contributed by atoms with Gasteiger partial charge in [0.25, 0.3) is 5.91 Å². The van der Waals surface area contributed by atoms with Crippen molar-refractivity contribution in [1.82, 2.24) is 9.78 Å². The number of halogens is 1. The Balaban J connectivity index is 2.11. The number of amides is 1. The van der Waals surface area contributed by atoms with Crippen molar-refractivity contribution in [1.29, 1.82) is 0 Å². The number of thiophene rings is 1. The molecule has 2 heterocycles. The van der Waals surface area contributed by atoms with E-state index >= 15 is 0 Å². The Morgan fingerprint density at radius 3 is 3.00 bits per heavy atom. The van der Waals surface area contributed by atoms with Crippen LogP contribution in [-0.2, 0) is 13.6 Å². The van der Waals surface area contributed by atoms with Crippen LogP contribution in [0.1, 0.15) is 15.4 Å². The average molecular weight is 254 g/mol. The fraction of sp³-hybridized carbons (Fsp3) is 0.200. The van der Waals surface area contributed by atoms with Crippen molar-refractivity contribution in [3.63, 3.8) is 0 Å². The molecule has 2 rings (SSSR count). The summed E-state index contributed by atoms with van der Waals surface area (Å²) in [5.41, 5.74) is 6.09. The zero-order chi connectivity index (χ0) is 12.4. The monoisotopic (exact) mass is 254 g/mol. The number of nitrogens with two attached hydrogens (primary N) is 1. The number of primary amides is 1. The van der Waals surface area contributed by atoms with Gasteiger partial charge < -0.3 is 11.1 Å². The minimum Gasteiger partial charge on any atom is -0.377 e. The highest BCUT2D eigenvalue weighted by Gasteiger charge is 2.13. The maximum absolute atomic E-state index is 12.8. The maximum Gasteiger partial charge on any atom is 0.269 e. The van der Waals surface area contributed by atoms with Gasteiger partial charge in [-0.2, -0.15) is 9.49 Å². The average Bonchev–Trinajstić information content (AvgIpc) is 2.82. The third-order valence-corrected chi connectivity index (χ3v) is 3.13. The Bertz CT molecular complexity index is 548. The lowest BCUT2D eigenvalue weighted by Crippen LogP contribution is -2.17. The quantitative estimate of drug-likeness (QED) is 0.864. The molecule has 1 amide bonds. The van der Waals surface area contributed by atoms with Gasteiger partial charge in [0, 0.05) is 18.5 Å². The molecule has 0 atom stereocenters. The number of hydrogen-bond acceptors (Lipinski definition) is 4. The SMILES string of the molecule is Cn1ncc(NCc2ccc(F)s2)c1C(N)=O. The summed E-state index contributed by atoms with van der Waals surface area (Å²) in [7, 11) is 1.64. The number of nitrogens with zero attached hydrogens (tertiary/aromatic N) is 2. The summed E-state index contributed by atoms with van der Waals surface area (Å²) in [6.45, 7) is 0.431. The Labute approximate surface area is 101 Å². The third kappa shape index (κ3) is 2.44. The molecule has 90 valence electrons. The van der Waals surface area contributed by atoms with E-state index in [9.17, 15) is 9.18 Å². The van der Waals surface area contributed by atoms with Gasteiger partial charge in [0.2, 0.25) is 0 Å². The van der Waals surface area contributed by atoms with Crippen molar-refractivity contribution < 1.29 is 9.18 Å². The molecule has 0 fully saturated rings. The molecule has 0 radical (unpaired) electrons. The van der Waals surface area contributed by atoms with Crippen molar-refractivity contribution in [3.8, 4) is 0 Å². The van der Waals surface area contributed by atoms with Crippen molar-refractivity contribution in [2.75, 3.05) is 5.32 Å². The number of aryl methyl sites for hydroxylation is 1. The minimum absolute atomic E-state index is 0.233. The summed E-state index contributed by atoms with van der Waals surface area (Å²) in [6, 6.07) is 3.09.